The molecule has 12 heteroatoms. The van der Waals surface area contributed by atoms with Crippen LogP contribution in [-0.2, 0) is 42.4 Å². The van der Waals surface area contributed by atoms with Gasteiger partial charge in [0.05, 0.1) is 58.8 Å². The van der Waals surface area contributed by atoms with E-state index in [2.05, 4.69) is 105 Å². The van der Waals surface area contributed by atoms with Gasteiger partial charge in [0.1, 0.15) is 0 Å². The molecule has 4 radical (unpaired) electrons. The molecule has 0 saturated carbocycles. The van der Waals surface area contributed by atoms with E-state index in [1.165, 1.54) is 10.4 Å². The van der Waals surface area contributed by atoms with Gasteiger partial charge in [-0.1, -0.05) is 109 Å². The molecule has 6 aromatic heterocycles. The SMILES string of the molecule is C=CCO[Si](C)C.C=CCO[Si](c1ccccc1)c1ccccc1.[CH3-].[CH3-].[Co].[Co].c1ccc(-c2cccc(-c3ccccn3)n2)nc1.c1ccc(-c2cccc(-c3ccccn3)n2)nc1. The average molecular weight is 969 g/mol. The van der Waals surface area contributed by atoms with Crippen LogP contribution in [0.3, 0.4) is 0 Å². The molecule has 0 aliphatic rings. The molecule has 0 aliphatic heterocycles. The fourth-order valence-corrected chi connectivity index (χ4v) is 7.77. The summed E-state index contributed by atoms with van der Waals surface area (Å²) in [5.41, 5.74) is 6.92. The summed E-state index contributed by atoms with van der Waals surface area (Å²) in [6, 6.07) is 55.8. The second-order valence-corrected chi connectivity index (χ2v) is 17.1. The summed E-state index contributed by atoms with van der Waals surface area (Å²) < 4.78 is 11.1. The summed E-state index contributed by atoms with van der Waals surface area (Å²) in [6.45, 7) is 12.8. The van der Waals surface area contributed by atoms with Gasteiger partial charge < -0.3 is 23.7 Å². The van der Waals surface area contributed by atoms with Crippen LogP contribution in [0.15, 0.2) is 220 Å². The molecule has 0 fully saturated rings. The van der Waals surface area contributed by atoms with E-state index in [1.807, 2.05) is 121 Å². The van der Waals surface area contributed by atoms with Crippen LogP contribution in [0.2, 0.25) is 13.1 Å². The summed E-state index contributed by atoms with van der Waals surface area (Å²) in [5.74, 6) is 0. The third-order valence-electron chi connectivity index (χ3n) is 8.11. The molecule has 0 atom stereocenters. The zero-order valence-corrected chi connectivity index (χ0v) is 40.7. The molecule has 0 amide bonds. The van der Waals surface area contributed by atoms with E-state index in [1.54, 1.807) is 36.9 Å². The molecule has 2 aromatic carbocycles. The maximum Gasteiger partial charge on any atom is 0.283 e. The molecule has 64 heavy (non-hydrogen) atoms. The van der Waals surface area contributed by atoms with E-state index in [0.717, 1.165) is 45.6 Å². The molecule has 8 nitrogen and oxygen atoms in total. The number of hydrogen-bond acceptors (Lipinski definition) is 8. The smallest absolute Gasteiger partial charge is 0.283 e. The average Bonchev–Trinajstić information content (AvgIpc) is 3.33. The van der Waals surface area contributed by atoms with Crippen molar-refractivity contribution in [2.45, 2.75) is 13.1 Å². The molecule has 0 saturated heterocycles. The molecule has 8 aromatic rings. The number of aromatic nitrogens is 6. The van der Waals surface area contributed by atoms with E-state index < -0.39 is 18.1 Å². The second kappa shape index (κ2) is 32.8. The van der Waals surface area contributed by atoms with E-state index in [0.29, 0.717) is 13.2 Å². The van der Waals surface area contributed by atoms with Crippen molar-refractivity contribution in [3.8, 4) is 45.6 Å². The minimum Gasteiger partial charge on any atom is -0.414 e. The van der Waals surface area contributed by atoms with Gasteiger partial charge in [-0.25, -0.2) is 9.97 Å². The van der Waals surface area contributed by atoms with Crippen molar-refractivity contribution in [3.63, 3.8) is 0 Å². The van der Waals surface area contributed by atoms with Gasteiger partial charge >= 0.3 is 0 Å². The summed E-state index contributed by atoms with van der Waals surface area (Å²) in [4.78, 5) is 26.4. The van der Waals surface area contributed by atoms with Crippen molar-refractivity contribution >= 4 is 28.5 Å². The summed E-state index contributed by atoms with van der Waals surface area (Å²) in [7, 11) is -1.60. The van der Waals surface area contributed by atoms with E-state index in [4.69, 9.17) is 8.85 Å². The van der Waals surface area contributed by atoms with Crippen LogP contribution in [0.25, 0.3) is 45.6 Å². The number of nitrogens with zero attached hydrogens (tertiary/aromatic N) is 6. The van der Waals surface area contributed by atoms with Crippen LogP contribution in [0, 0.1) is 14.9 Å². The Labute approximate surface area is 405 Å². The van der Waals surface area contributed by atoms with Crippen molar-refractivity contribution in [1.82, 2.24) is 29.9 Å². The normalized spacial score (nSPS) is 9.56. The van der Waals surface area contributed by atoms with Gasteiger partial charge in [0, 0.05) is 58.3 Å². The Morgan fingerprint density at radius 3 is 0.922 bits per heavy atom. The van der Waals surface area contributed by atoms with Gasteiger partial charge in [-0.3, -0.25) is 19.9 Å². The summed E-state index contributed by atoms with van der Waals surface area (Å²) in [6.07, 6.45) is 10.7. The topological polar surface area (TPSA) is 95.8 Å². The quantitative estimate of drug-likeness (QED) is 0.0679. The molecule has 0 spiro atoms. The fourth-order valence-electron chi connectivity index (χ4n) is 5.38. The maximum absolute atomic E-state index is 5.95. The van der Waals surface area contributed by atoms with Crippen molar-refractivity contribution in [3.05, 3.63) is 235 Å². The van der Waals surface area contributed by atoms with Crippen molar-refractivity contribution in [2.24, 2.45) is 0 Å². The molecule has 0 unspecified atom stereocenters. The minimum absolute atomic E-state index is 0. The Bertz CT molecular complexity index is 2140. The molecule has 8 rings (SSSR count). The Balaban J connectivity index is 0.000000434. The van der Waals surface area contributed by atoms with Gasteiger partial charge in [0.25, 0.3) is 9.04 Å². The van der Waals surface area contributed by atoms with Gasteiger partial charge in [-0.2, -0.15) is 0 Å². The minimum atomic E-state index is -1.13. The number of benzene rings is 2. The first-order valence-corrected chi connectivity index (χ1v) is 23.2. The molecular formula is C52H54Co2N6O2Si2-2. The molecule has 0 aliphatic carbocycles. The van der Waals surface area contributed by atoms with Gasteiger partial charge in [0.15, 0.2) is 0 Å². The monoisotopic (exact) mass is 968 g/mol. The molecule has 6 heterocycles. The van der Waals surface area contributed by atoms with Crippen LogP contribution in [0.1, 0.15) is 0 Å². The van der Waals surface area contributed by atoms with Crippen molar-refractivity contribution in [2.75, 3.05) is 13.2 Å². The number of pyridine rings is 6. The predicted octanol–water partition coefficient (Wildman–Crippen LogP) is 10.7. The van der Waals surface area contributed by atoms with Crippen LogP contribution >= 0.6 is 0 Å². The number of rotatable bonds is 12. The third kappa shape index (κ3) is 19.3. The van der Waals surface area contributed by atoms with Gasteiger partial charge in [0.2, 0.25) is 9.04 Å². The predicted molar refractivity (Wildman–Crippen MR) is 262 cm³/mol. The zero-order valence-electron chi connectivity index (χ0n) is 36.6. The van der Waals surface area contributed by atoms with Crippen LogP contribution in [-0.4, -0.2) is 61.2 Å². The fraction of sp³-hybridized carbons (Fsp3) is 0.0769. The Morgan fingerprint density at radius 1 is 0.391 bits per heavy atom. The van der Waals surface area contributed by atoms with Crippen LogP contribution in [0.4, 0.5) is 0 Å². The molecule has 0 N–H and O–H groups in total. The van der Waals surface area contributed by atoms with Crippen molar-refractivity contribution in [1.29, 1.82) is 0 Å². The zero-order chi connectivity index (χ0) is 42.0. The first-order chi connectivity index (χ1) is 29.6. The van der Waals surface area contributed by atoms with E-state index >= 15 is 0 Å². The number of hydrogen-bond donors (Lipinski definition) is 0. The van der Waals surface area contributed by atoms with Gasteiger partial charge in [-0.05, 0) is 96.3 Å². The largest absolute Gasteiger partial charge is 0.414 e. The Morgan fingerprint density at radius 2 is 0.672 bits per heavy atom. The molecule has 332 valence electrons. The van der Waals surface area contributed by atoms with E-state index in [-0.39, 0.29) is 48.4 Å². The Kier molecular flexibility index (Phi) is 28.8. The van der Waals surface area contributed by atoms with E-state index in [9.17, 15) is 0 Å². The second-order valence-electron chi connectivity index (χ2n) is 12.8. The Hall–Kier alpha value is -5.81. The van der Waals surface area contributed by atoms with Crippen LogP contribution in [0.5, 0.6) is 0 Å². The maximum atomic E-state index is 5.95. The molecule has 0 bridgehead atoms. The first-order valence-electron chi connectivity index (χ1n) is 19.4. The first kappa shape index (κ1) is 56.2. The van der Waals surface area contributed by atoms with Crippen molar-refractivity contribution < 1.29 is 42.4 Å². The summed E-state index contributed by atoms with van der Waals surface area (Å²) in [5, 5.41) is 2.54. The standard InChI is InChI=1S/2C15H11N3.C15H15OSi.C5H11OSi.2CH3.2Co/c2*1-3-10-16-12(6-1)14-8-5-9-15(18-14)13-7-2-4-11-17-13;1-2-13-16-17(14-9-5-3-6-10-14)15-11-7-4-8-12-15;1-4-5-6-7(2)3;;;;/h2*1-11H;2-12H,1,13H2;4H,1,5H2,2-3H3;2*1H3;;/q;;;;2*-1;;. The molecular weight excluding hydrogens is 915 g/mol. The van der Waals surface area contributed by atoms with Crippen LogP contribution < -0.4 is 10.4 Å². The van der Waals surface area contributed by atoms with Gasteiger partial charge in [-0.15, -0.1) is 13.2 Å². The third-order valence-corrected chi connectivity index (χ3v) is 11.0. The summed E-state index contributed by atoms with van der Waals surface area (Å²) >= 11 is 0.